The molecule has 0 aliphatic heterocycles. The van der Waals surface area contributed by atoms with Crippen molar-refractivity contribution in [1.29, 1.82) is 0 Å². The topological polar surface area (TPSA) is 40.5 Å². The van der Waals surface area contributed by atoms with E-state index in [4.69, 9.17) is 16.7 Å². The van der Waals surface area contributed by atoms with Gasteiger partial charge in [0, 0.05) is 10.6 Å². The number of hydrogen-bond acceptors (Lipinski definition) is 2. The Kier molecular flexibility index (Phi) is 1.75. The standard InChI is InChI=1S/C9H8ClFO2/c10-5-1-2-6(12)8(11)7(5)9(13)3-4-9/h1-2,12-13H,3-4H2. The number of aromatic hydroxyl groups is 1. The molecule has 0 heterocycles. The highest BCUT2D eigenvalue weighted by atomic mass is 35.5. The fourth-order valence-corrected chi connectivity index (χ4v) is 1.66. The molecule has 2 N–H and O–H groups in total. The summed E-state index contributed by atoms with van der Waals surface area (Å²) in [6.45, 7) is 0. The van der Waals surface area contributed by atoms with Crippen LogP contribution in [0.2, 0.25) is 5.02 Å². The summed E-state index contributed by atoms with van der Waals surface area (Å²) in [5.41, 5.74) is -1.13. The molecule has 0 bridgehead atoms. The molecule has 1 fully saturated rings. The predicted molar refractivity (Wildman–Crippen MR) is 46.2 cm³/mol. The Morgan fingerprint density at radius 1 is 1.38 bits per heavy atom. The molecule has 13 heavy (non-hydrogen) atoms. The Hall–Kier alpha value is -0.800. The van der Waals surface area contributed by atoms with E-state index in [1.807, 2.05) is 0 Å². The van der Waals surface area contributed by atoms with Crippen molar-refractivity contribution in [1.82, 2.24) is 0 Å². The minimum Gasteiger partial charge on any atom is -0.505 e. The number of benzene rings is 1. The van der Waals surface area contributed by atoms with E-state index >= 15 is 0 Å². The van der Waals surface area contributed by atoms with Gasteiger partial charge in [-0.1, -0.05) is 11.6 Å². The largest absolute Gasteiger partial charge is 0.505 e. The Morgan fingerprint density at radius 3 is 2.54 bits per heavy atom. The number of phenolic OH excluding ortho intramolecular Hbond substituents is 1. The second-order valence-electron chi connectivity index (χ2n) is 3.29. The molecule has 0 saturated heterocycles. The first-order valence-corrected chi connectivity index (χ1v) is 4.32. The normalized spacial score (nSPS) is 18.7. The minimum atomic E-state index is -1.15. The number of phenols is 1. The van der Waals surface area contributed by atoms with Crippen LogP contribution in [0.3, 0.4) is 0 Å². The quantitative estimate of drug-likeness (QED) is 0.733. The summed E-state index contributed by atoms with van der Waals surface area (Å²) >= 11 is 5.72. The molecule has 0 unspecified atom stereocenters. The van der Waals surface area contributed by atoms with Gasteiger partial charge in [-0.15, -0.1) is 0 Å². The summed E-state index contributed by atoms with van der Waals surface area (Å²) in [6, 6.07) is 2.55. The molecule has 0 radical (unpaired) electrons. The maximum absolute atomic E-state index is 13.3. The average Bonchev–Trinajstić information content (AvgIpc) is 2.78. The van der Waals surface area contributed by atoms with E-state index in [-0.39, 0.29) is 10.6 Å². The smallest absolute Gasteiger partial charge is 0.172 e. The fourth-order valence-electron chi connectivity index (χ4n) is 1.34. The molecule has 1 saturated carbocycles. The van der Waals surface area contributed by atoms with Crippen LogP contribution in [0.25, 0.3) is 0 Å². The van der Waals surface area contributed by atoms with Crippen molar-refractivity contribution < 1.29 is 14.6 Å². The molecule has 1 aromatic carbocycles. The van der Waals surface area contributed by atoms with Crippen LogP contribution >= 0.6 is 11.6 Å². The van der Waals surface area contributed by atoms with Crippen LogP contribution in [0.5, 0.6) is 5.75 Å². The molecule has 70 valence electrons. The number of aliphatic hydroxyl groups is 1. The van der Waals surface area contributed by atoms with E-state index in [9.17, 15) is 9.50 Å². The summed E-state index contributed by atoms with van der Waals surface area (Å²) < 4.78 is 13.3. The van der Waals surface area contributed by atoms with Crippen molar-refractivity contribution >= 4 is 11.6 Å². The lowest BCUT2D eigenvalue weighted by atomic mass is 10.1. The van der Waals surface area contributed by atoms with Crippen molar-refractivity contribution in [3.05, 3.63) is 28.5 Å². The van der Waals surface area contributed by atoms with Crippen LogP contribution in [0, 0.1) is 5.82 Å². The Morgan fingerprint density at radius 2 is 2.00 bits per heavy atom. The van der Waals surface area contributed by atoms with Gasteiger partial charge in [0.25, 0.3) is 0 Å². The molecular formula is C9H8ClFO2. The summed E-state index contributed by atoms with van der Waals surface area (Å²) in [6.07, 6.45) is 0.986. The monoisotopic (exact) mass is 202 g/mol. The van der Waals surface area contributed by atoms with Crippen LogP contribution in [0.4, 0.5) is 4.39 Å². The van der Waals surface area contributed by atoms with E-state index in [0.717, 1.165) is 0 Å². The maximum atomic E-state index is 13.3. The molecule has 0 spiro atoms. The zero-order chi connectivity index (χ0) is 9.64. The van der Waals surface area contributed by atoms with Gasteiger partial charge < -0.3 is 10.2 Å². The van der Waals surface area contributed by atoms with Gasteiger partial charge in [-0.3, -0.25) is 0 Å². The predicted octanol–water partition coefficient (Wildman–Crippen LogP) is 2.17. The van der Waals surface area contributed by atoms with Gasteiger partial charge >= 0.3 is 0 Å². The van der Waals surface area contributed by atoms with Gasteiger partial charge in [-0.05, 0) is 25.0 Å². The Balaban J connectivity index is 2.61. The van der Waals surface area contributed by atoms with Crippen molar-refractivity contribution in [2.75, 3.05) is 0 Å². The van der Waals surface area contributed by atoms with Crippen molar-refractivity contribution in [2.45, 2.75) is 18.4 Å². The zero-order valence-corrected chi connectivity index (χ0v) is 7.48. The van der Waals surface area contributed by atoms with E-state index in [0.29, 0.717) is 12.8 Å². The van der Waals surface area contributed by atoms with Crippen LogP contribution in [-0.2, 0) is 5.60 Å². The SMILES string of the molecule is Oc1ccc(Cl)c(C2(O)CC2)c1F. The molecule has 1 aliphatic carbocycles. The van der Waals surface area contributed by atoms with E-state index in [1.54, 1.807) is 0 Å². The number of hydrogen-bond donors (Lipinski definition) is 2. The molecular weight excluding hydrogens is 195 g/mol. The molecule has 1 aliphatic rings. The molecule has 2 nitrogen and oxygen atoms in total. The van der Waals surface area contributed by atoms with Crippen LogP contribution in [-0.4, -0.2) is 10.2 Å². The van der Waals surface area contributed by atoms with Crippen LogP contribution in [0.1, 0.15) is 18.4 Å². The first-order valence-electron chi connectivity index (χ1n) is 3.94. The highest BCUT2D eigenvalue weighted by Crippen LogP contribution is 2.49. The fraction of sp³-hybridized carbons (Fsp3) is 0.333. The second kappa shape index (κ2) is 2.59. The summed E-state index contributed by atoms with van der Waals surface area (Å²) in [5.74, 6) is -1.28. The maximum Gasteiger partial charge on any atom is 0.172 e. The number of rotatable bonds is 1. The summed E-state index contributed by atoms with van der Waals surface area (Å²) in [5, 5.41) is 18.9. The van der Waals surface area contributed by atoms with Gasteiger partial charge in [-0.25, -0.2) is 4.39 Å². The first kappa shape index (κ1) is 8.78. The molecule has 4 heteroatoms. The van der Waals surface area contributed by atoms with Crippen LogP contribution < -0.4 is 0 Å². The van der Waals surface area contributed by atoms with Crippen molar-refractivity contribution in [3.63, 3.8) is 0 Å². The molecule has 0 aromatic heterocycles. The highest BCUT2D eigenvalue weighted by molar-refractivity contribution is 6.31. The van der Waals surface area contributed by atoms with Crippen molar-refractivity contribution in [3.8, 4) is 5.75 Å². The summed E-state index contributed by atoms with van der Waals surface area (Å²) in [4.78, 5) is 0. The molecule has 2 rings (SSSR count). The van der Waals surface area contributed by atoms with E-state index in [2.05, 4.69) is 0 Å². The third-order valence-electron chi connectivity index (χ3n) is 2.26. The highest BCUT2D eigenvalue weighted by Gasteiger charge is 2.46. The van der Waals surface area contributed by atoms with Crippen LogP contribution in [0.15, 0.2) is 12.1 Å². The van der Waals surface area contributed by atoms with Gasteiger partial charge in [-0.2, -0.15) is 0 Å². The lowest BCUT2D eigenvalue weighted by molar-refractivity contribution is 0.146. The second-order valence-corrected chi connectivity index (χ2v) is 3.69. The average molecular weight is 203 g/mol. The lowest BCUT2D eigenvalue weighted by Crippen LogP contribution is -2.08. The van der Waals surface area contributed by atoms with Gasteiger partial charge in [0.2, 0.25) is 0 Å². The summed E-state index contributed by atoms with van der Waals surface area (Å²) in [7, 11) is 0. The zero-order valence-electron chi connectivity index (χ0n) is 6.72. The minimum absolute atomic E-state index is 0.0224. The lowest BCUT2D eigenvalue weighted by Gasteiger charge is -2.11. The molecule has 0 atom stereocenters. The van der Waals surface area contributed by atoms with E-state index in [1.165, 1.54) is 12.1 Å². The molecule has 0 amide bonds. The number of halogens is 2. The Labute approximate surface area is 79.6 Å². The van der Waals surface area contributed by atoms with Crippen molar-refractivity contribution in [2.24, 2.45) is 0 Å². The molecule has 1 aromatic rings. The third-order valence-corrected chi connectivity index (χ3v) is 2.57. The first-order chi connectivity index (χ1) is 6.04. The van der Waals surface area contributed by atoms with Gasteiger partial charge in [0.1, 0.15) is 0 Å². The van der Waals surface area contributed by atoms with Gasteiger partial charge in [0.05, 0.1) is 5.60 Å². The third kappa shape index (κ3) is 1.28. The van der Waals surface area contributed by atoms with Gasteiger partial charge in [0.15, 0.2) is 11.6 Å². The Bertz CT molecular complexity index is 361. The van der Waals surface area contributed by atoms with E-state index < -0.39 is 17.2 Å².